The summed E-state index contributed by atoms with van der Waals surface area (Å²) in [6.45, 7) is 8.22. The molecule has 96 valence electrons. The molecule has 0 bridgehead atoms. The molecule has 3 nitrogen and oxygen atoms in total. The topological polar surface area (TPSA) is 33.3 Å². The van der Waals surface area contributed by atoms with Crippen LogP contribution in [0.5, 0.6) is 5.75 Å². The molecule has 0 heterocycles. The third kappa shape index (κ3) is 4.36. The van der Waals surface area contributed by atoms with Gasteiger partial charge < -0.3 is 15.4 Å². The molecule has 17 heavy (non-hydrogen) atoms. The Kier molecular flexibility index (Phi) is 4.97. The maximum atomic E-state index is 5.37. The molecule has 0 spiro atoms. The van der Waals surface area contributed by atoms with Crippen molar-refractivity contribution in [2.24, 2.45) is 0 Å². The van der Waals surface area contributed by atoms with Gasteiger partial charge in [-0.1, -0.05) is 17.7 Å². The second kappa shape index (κ2) is 6.03. The Bertz CT molecular complexity index is 361. The zero-order valence-corrected chi connectivity index (χ0v) is 11.6. The Morgan fingerprint density at radius 1 is 1.29 bits per heavy atom. The van der Waals surface area contributed by atoms with Crippen molar-refractivity contribution in [2.45, 2.75) is 32.9 Å². The summed E-state index contributed by atoms with van der Waals surface area (Å²) < 4.78 is 5.37. The number of hydrogen-bond acceptors (Lipinski definition) is 3. The van der Waals surface area contributed by atoms with Crippen LogP contribution in [0.1, 0.15) is 25.0 Å². The van der Waals surface area contributed by atoms with Crippen LogP contribution >= 0.6 is 0 Å². The van der Waals surface area contributed by atoms with E-state index in [0.717, 1.165) is 18.8 Å². The molecule has 1 rings (SSSR count). The van der Waals surface area contributed by atoms with E-state index >= 15 is 0 Å². The van der Waals surface area contributed by atoms with Gasteiger partial charge in [-0.05, 0) is 33.9 Å². The van der Waals surface area contributed by atoms with E-state index in [-0.39, 0.29) is 5.54 Å². The first kappa shape index (κ1) is 14.0. The lowest BCUT2D eigenvalue weighted by molar-refractivity contribution is 0.364. The van der Waals surface area contributed by atoms with Crippen molar-refractivity contribution in [2.75, 3.05) is 20.7 Å². The number of hydrogen-bond donors (Lipinski definition) is 2. The molecule has 3 heteroatoms. The van der Waals surface area contributed by atoms with E-state index in [1.54, 1.807) is 7.11 Å². The van der Waals surface area contributed by atoms with E-state index in [1.807, 2.05) is 13.1 Å². The van der Waals surface area contributed by atoms with Crippen molar-refractivity contribution in [3.8, 4) is 5.75 Å². The third-order valence-electron chi connectivity index (χ3n) is 2.81. The zero-order valence-electron chi connectivity index (χ0n) is 11.6. The molecule has 0 atom stereocenters. The maximum Gasteiger partial charge on any atom is 0.123 e. The van der Waals surface area contributed by atoms with Crippen LogP contribution < -0.4 is 15.4 Å². The maximum absolute atomic E-state index is 5.37. The molecule has 0 aromatic heterocycles. The van der Waals surface area contributed by atoms with Gasteiger partial charge in [-0.3, -0.25) is 0 Å². The van der Waals surface area contributed by atoms with Gasteiger partial charge in [0.05, 0.1) is 7.11 Å². The number of aryl methyl sites for hydroxylation is 1. The van der Waals surface area contributed by atoms with Crippen LogP contribution in [-0.4, -0.2) is 26.2 Å². The lowest BCUT2D eigenvalue weighted by Gasteiger charge is -2.26. The molecule has 0 saturated heterocycles. The van der Waals surface area contributed by atoms with E-state index in [1.165, 1.54) is 11.1 Å². The van der Waals surface area contributed by atoms with E-state index < -0.39 is 0 Å². The molecule has 0 unspecified atom stereocenters. The van der Waals surface area contributed by atoms with Gasteiger partial charge >= 0.3 is 0 Å². The summed E-state index contributed by atoms with van der Waals surface area (Å²) >= 11 is 0. The largest absolute Gasteiger partial charge is 0.496 e. The van der Waals surface area contributed by atoms with Gasteiger partial charge in [0.15, 0.2) is 0 Å². The lowest BCUT2D eigenvalue weighted by Crippen LogP contribution is -2.46. The molecular formula is C14H24N2O. The van der Waals surface area contributed by atoms with Gasteiger partial charge in [-0.15, -0.1) is 0 Å². The highest BCUT2D eigenvalue weighted by atomic mass is 16.5. The van der Waals surface area contributed by atoms with E-state index in [2.05, 4.69) is 43.5 Å². The number of likely N-dealkylation sites (N-methyl/N-ethyl adjacent to an activating group) is 1. The van der Waals surface area contributed by atoms with Gasteiger partial charge in [-0.2, -0.15) is 0 Å². The summed E-state index contributed by atoms with van der Waals surface area (Å²) in [5.41, 5.74) is 2.54. The van der Waals surface area contributed by atoms with Crippen molar-refractivity contribution >= 4 is 0 Å². The zero-order chi connectivity index (χ0) is 12.9. The van der Waals surface area contributed by atoms with Gasteiger partial charge in [0.1, 0.15) is 5.75 Å². The minimum Gasteiger partial charge on any atom is -0.496 e. The SMILES string of the molecule is CNCC(C)(C)NCc1cc(C)ccc1OC. The van der Waals surface area contributed by atoms with E-state index in [4.69, 9.17) is 4.74 Å². The van der Waals surface area contributed by atoms with Crippen molar-refractivity contribution in [3.05, 3.63) is 29.3 Å². The summed E-state index contributed by atoms with van der Waals surface area (Å²) in [6, 6.07) is 6.26. The predicted octanol–water partition coefficient (Wildman–Crippen LogP) is 2.09. The first-order valence-corrected chi connectivity index (χ1v) is 6.01. The summed E-state index contributed by atoms with van der Waals surface area (Å²) in [6.07, 6.45) is 0. The Morgan fingerprint density at radius 2 is 2.00 bits per heavy atom. The van der Waals surface area contributed by atoms with Gasteiger partial charge in [-0.25, -0.2) is 0 Å². The van der Waals surface area contributed by atoms with Crippen LogP contribution in [0.15, 0.2) is 18.2 Å². The van der Waals surface area contributed by atoms with Gasteiger partial charge in [0.2, 0.25) is 0 Å². The monoisotopic (exact) mass is 236 g/mol. The van der Waals surface area contributed by atoms with Crippen LogP contribution in [0.25, 0.3) is 0 Å². The second-order valence-corrected chi connectivity index (χ2v) is 5.08. The average Bonchev–Trinajstić information content (AvgIpc) is 2.27. The molecule has 1 aromatic carbocycles. The van der Waals surface area contributed by atoms with Crippen LogP contribution in [-0.2, 0) is 6.54 Å². The van der Waals surface area contributed by atoms with Crippen molar-refractivity contribution in [1.29, 1.82) is 0 Å². The van der Waals surface area contributed by atoms with E-state index in [0.29, 0.717) is 0 Å². The molecule has 0 amide bonds. The quantitative estimate of drug-likeness (QED) is 0.793. The molecular weight excluding hydrogens is 212 g/mol. The molecule has 0 aliphatic heterocycles. The van der Waals surface area contributed by atoms with Crippen LogP contribution in [0.4, 0.5) is 0 Å². The van der Waals surface area contributed by atoms with E-state index in [9.17, 15) is 0 Å². The van der Waals surface area contributed by atoms with Crippen LogP contribution in [0.2, 0.25) is 0 Å². The van der Waals surface area contributed by atoms with Crippen LogP contribution in [0.3, 0.4) is 0 Å². The van der Waals surface area contributed by atoms with Crippen molar-refractivity contribution in [3.63, 3.8) is 0 Å². The number of benzene rings is 1. The minimum absolute atomic E-state index is 0.0729. The van der Waals surface area contributed by atoms with Gasteiger partial charge in [0, 0.05) is 24.2 Å². The Balaban J connectivity index is 2.71. The normalized spacial score (nSPS) is 11.6. The molecule has 0 fully saturated rings. The fourth-order valence-electron chi connectivity index (χ4n) is 1.88. The molecule has 0 aliphatic rings. The molecule has 2 N–H and O–H groups in total. The third-order valence-corrected chi connectivity index (χ3v) is 2.81. The first-order chi connectivity index (χ1) is 7.98. The smallest absolute Gasteiger partial charge is 0.123 e. The first-order valence-electron chi connectivity index (χ1n) is 6.01. The minimum atomic E-state index is 0.0729. The van der Waals surface area contributed by atoms with Crippen molar-refractivity contribution in [1.82, 2.24) is 10.6 Å². The number of nitrogens with one attached hydrogen (secondary N) is 2. The summed E-state index contributed by atoms with van der Waals surface area (Å²) in [4.78, 5) is 0. The standard InChI is InChI=1S/C14H24N2O/c1-11-6-7-13(17-5)12(8-11)9-16-14(2,3)10-15-4/h6-8,15-16H,9-10H2,1-5H3. The highest BCUT2D eigenvalue weighted by Crippen LogP contribution is 2.20. The Hall–Kier alpha value is -1.06. The Morgan fingerprint density at radius 3 is 2.59 bits per heavy atom. The molecule has 1 aromatic rings. The second-order valence-electron chi connectivity index (χ2n) is 5.08. The van der Waals surface area contributed by atoms with Crippen LogP contribution in [0, 0.1) is 6.92 Å². The predicted molar refractivity (Wildman–Crippen MR) is 72.6 cm³/mol. The summed E-state index contributed by atoms with van der Waals surface area (Å²) in [5, 5.41) is 6.73. The molecule has 0 radical (unpaired) electrons. The highest BCUT2D eigenvalue weighted by molar-refractivity contribution is 5.36. The summed E-state index contributed by atoms with van der Waals surface area (Å²) in [7, 11) is 3.68. The highest BCUT2D eigenvalue weighted by Gasteiger charge is 2.16. The number of rotatable bonds is 6. The van der Waals surface area contributed by atoms with Crippen molar-refractivity contribution < 1.29 is 4.74 Å². The fraction of sp³-hybridized carbons (Fsp3) is 0.571. The molecule has 0 saturated carbocycles. The summed E-state index contributed by atoms with van der Waals surface area (Å²) in [5.74, 6) is 0.948. The number of ether oxygens (including phenoxy) is 1. The fourth-order valence-corrected chi connectivity index (χ4v) is 1.88. The Labute approximate surface area is 105 Å². The molecule has 0 aliphatic carbocycles. The number of methoxy groups -OCH3 is 1. The van der Waals surface area contributed by atoms with Gasteiger partial charge in [0.25, 0.3) is 0 Å². The average molecular weight is 236 g/mol. The lowest BCUT2D eigenvalue weighted by atomic mass is 10.0.